The van der Waals surface area contributed by atoms with Gasteiger partial charge in [0.05, 0.1) is 6.54 Å². The molecule has 8 heteroatoms. The minimum atomic E-state index is -0.393. The molecule has 0 radical (unpaired) electrons. The molecule has 0 spiro atoms. The van der Waals surface area contributed by atoms with Gasteiger partial charge in [0.15, 0.2) is 5.76 Å². The number of carbonyl (C=O) groups excluding carboxylic acids is 1. The first-order chi connectivity index (χ1) is 11.2. The highest BCUT2D eigenvalue weighted by Crippen LogP contribution is 2.17. The predicted molar refractivity (Wildman–Crippen MR) is 85.8 cm³/mol. The van der Waals surface area contributed by atoms with Crippen LogP contribution in [0, 0.1) is 0 Å². The summed E-state index contributed by atoms with van der Waals surface area (Å²) in [5.41, 5.74) is -0.129. The molecule has 0 bridgehead atoms. The van der Waals surface area contributed by atoms with Gasteiger partial charge in [0.25, 0.3) is 11.5 Å². The van der Waals surface area contributed by atoms with Gasteiger partial charge in [-0.3, -0.25) is 14.9 Å². The summed E-state index contributed by atoms with van der Waals surface area (Å²) >= 11 is 1.33. The van der Waals surface area contributed by atoms with Gasteiger partial charge >= 0.3 is 0 Å². The smallest absolute Gasteiger partial charge is 0.293 e. The largest absolute Gasteiger partial charge is 0.454 e. The normalized spacial score (nSPS) is 10.7. The minimum absolute atomic E-state index is 0.129. The number of anilines is 1. The number of aryl methyl sites for hydroxylation is 1. The highest BCUT2D eigenvalue weighted by molar-refractivity contribution is 7.15. The molecule has 0 aliphatic carbocycles. The molecule has 3 rings (SSSR count). The lowest BCUT2D eigenvalue weighted by Crippen LogP contribution is -2.18. The van der Waals surface area contributed by atoms with Gasteiger partial charge in [-0.1, -0.05) is 24.3 Å². The molecule has 0 saturated carbocycles. The Kier molecular flexibility index (Phi) is 4.33. The predicted octanol–water partition coefficient (Wildman–Crippen LogP) is 2.16. The third kappa shape index (κ3) is 3.54. The topological polar surface area (TPSA) is 90.0 Å². The van der Waals surface area contributed by atoms with Crippen LogP contribution in [0.25, 0.3) is 0 Å². The molecule has 0 atom stereocenters. The Bertz CT molecular complexity index is 880. The monoisotopic (exact) mass is 330 g/mol. The van der Waals surface area contributed by atoms with Gasteiger partial charge in [0, 0.05) is 12.3 Å². The second-order valence-corrected chi connectivity index (χ2v) is 5.80. The van der Waals surface area contributed by atoms with Crippen molar-refractivity contribution in [1.82, 2.24) is 14.8 Å². The quantitative estimate of drug-likeness (QED) is 0.774. The minimum Gasteiger partial charge on any atom is -0.454 e. The van der Waals surface area contributed by atoms with Crippen LogP contribution in [0.3, 0.4) is 0 Å². The summed E-state index contributed by atoms with van der Waals surface area (Å²) in [6.07, 6.45) is 2.43. The maximum Gasteiger partial charge on any atom is 0.293 e. The summed E-state index contributed by atoms with van der Waals surface area (Å²) in [5.74, 6) is 0.294. The zero-order valence-corrected chi connectivity index (χ0v) is 13.2. The number of amides is 1. The van der Waals surface area contributed by atoms with Crippen LogP contribution in [0.1, 0.15) is 28.2 Å². The molecule has 1 amide bonds. The third-order valence-electron chi connectivity index (χ3n) is 3.10. The van der Waals surface area contributed by atoms with Gasteiger partial charge in [-0.25, -0.2) is 0 Å². The molecule has 3 aromatic heterocycles. The molecular weight excluding hydrogens is 316 g/mol. The van der Waals surface area contributed by atoms with E-state index in [1.54, 1.807) is 30.5 Å². The van der Waals surface area contributed by atoms with Crippen LogP contribution >= 0.6 is 11.3 Å². The van der Waals surface area contributed by atoms with Crippen molar-refractivity contribution in [3.05, 3.63) is 63.4 Å². The van der Waals surface area contributed by atoms with E-state index < -0.39 is 5.91 Å². The highest BCUT2D eigenvalue weighted by Gasteiger charge is 2.14. The zero-order chi connectivity index (χ0) is 16.2. The second kappa shape index (κ2) is 6.57. The van der Waals surface area contributed by atoms with Crippen LogP contribution in [-0.2, 0) is 13.0 Å². The van der Waals surface area contributed by atoms with Crippen LogP contribution in [0.15, 0.2) is 45.7 Å². The lowest BCUT2D eigenvalue weighted by molar-refractivity contribution is 0.0994. The van der Waals surface area contributed by atoms with Gasteiger partial charge in [-0.2, -0.15) is 0 Å². The molecule has 3 aromatic rings. The van der Waals surface area contributed by atoms with Crippen molar-refractivity contribution in [2.75, 3.05) is 5.32 Å². The molecular formula is C15H14N4O3S. The van der Waals surface area contributed by atoms with Crippen molar-refractivity contribution in [2.24, 2.45) is 0 Å². The van der Waals surface area contributed by atoms with Crippen LogP contribution in [-0.4, -0.2) is 20.7 Å². The molecule has 0 saturated heterocycles. The summed E-state index contributed by atoms with van der Waals surface area (Å²) in [5, 5.41) is 11.8. The van der Waals surface area contributed by atoms with Crippen molar-refractivity contribution in [1.29, 1.82) is 0 Å². The van der Waals surface area contributed by atoms with Crippen LogP contribution in [0.4, 0.5) is 5.13 Å². The van der Waals surface area contributed by atoms with Crippen molar-refractivity contribution >= 4 is 22.4 Å². The van der Waals surface area contributed by atoms with E-state index in [2.05, 4.69) is 15.5 Å². The van der Waals surface area contributed by atoms with E-state index in [9.17, 15) is 9.59 Å². The van der Waals surface area contributed by atoms with Crippen LogP contribution < -0.4 is 10.9 Å². The van der Waals surface area contributed by atoms with Crippen LogP contribution in [0.2, 0.25) is 0 Å². The van der Waals surface area contributed by atoms with Gasteiger partial charge < -0.3 is 8.98 Å². The molecule has 0 fully saturated rings. The van der Waals surface area contributed by atoms with Crippen molar-refractivity contribution in [2.45, 2.75) is 19.9 Å². The summed E-state index contributed by atoms with van der Waals surface area (Å²) in [7, 11) is 0. The zero-order valence-electron chi connectivity index (χ0n) is 12.4. The maximum atomic E-state index is 12.1. The Morgan fingerprint density at radius 3 is 2.91 bits per heavy atom. The summed E-state index contributed by atoms with van der Waals surface area (Å²) < 4.78 is 6.99. The SMILES string of the molecule is CCc1nnc(NC(=O)c2ccc(Cn3ccccc3=O)o2)s1. The summed E-state index contributed by atoms with van der Waals surface area (Å²) in [6, 6.07) is 8.15. The Labute approximate surface area is 135 Å². The van der Waals surface area contributed by atoms with E-state index in [0.717, 1.165) is 11.4 Å². The van der Waals surface area contributed by atoms with Gasteiger partial charge in [-0.15, -0.1) is 10.2 Å². The highest BCUT2D eigenvalue weighted by atomic mass is 32.1. The molecule has 0 aliphatic heterocycles. The number of furan rings is 1. The van der Waals surface area contributed by atoms with E-state index in [1.807, 2.05) is 6.92 Å². The van der Waals surface area contributed by atoms with E-state index in [4.69, 9.17) is 4.42 Å². The first-order valence-electron chi connectivity index (χ1n) is 7.03. The van der Waals surface area contributed by atoms with Gasteiger partial charge in [-0.05, 0) is 24.6 Å². The Morgan fingerprint density at radius 1 is 1.30 bits per heavy atom. The molecule has 1 N–H and O–H groups in total. The Hall–Kier alpha value is -2.74. The van der Waals surface area contributed by atoms with Crippen LogP contribution in [0.5, 0.6) is 0 Å². The van der Waals surface area contributed by atoms with E-state index in [1.165, 1.54) is 22.0 Å². The van der Waals surface area contributed by atoms with Gasteiger partial charge in [0.2, 0.25) is 5.13 Å². The van der Waals surface area contributed by atoms with Gasteiger partial charge in [0.1, 0.15) is 10.8 Å². The molecule has 7 nitrogen and oxygen atoms in total. The number of aromatic nitrogens is 3. The standard InChI is InChI=1S/C15H14N4O3S/c1-2-12-17-18-15(23-12)16-14(21)11-7-6-10(22-11)9-19-8-4-3-5-13(19)20/h3-8H,2,9H2,1H3,(H,16,18,21). The number of hydrogen-bond acceptors (Lipinski definition) is 6. The number of nitrogens with zero attached hydrogens (tertiary/aromatic N) is 3. The van der Waals surface area contributed by atoms with E-state index in [0.29, 0.717) is 10.9 Å². The molecule has 0 aromatic carbocycles. The molecule has 118 valence electrons. The lowest BCUT2D eigenvalue weighted by Gasteiger charge is -2.01. The molecule has 0 unspecified atom stereocenters. The third-order valence-corrected chi connectivity index (χ3v) is 4.08. The summed E-state index contributed by atoms with van der Waals surface area (Å²) in [4.78, 5) is 23.8. The summed E-state index contributed by atoms with van der Waals surface area (Å²) in [6.45, 7) is 2.24. The number of nitrogens with one attached hydrogen (secondary N) is 1. The van der Waals surface area contributed by atoms with E-state index in [-0.39, 0.29) is 17.9 Å². The number of rotatable bonds is 5. The molecule has 0 aliphatic rings. The lowest BCUT2D eigenvalue weighted by atomic mass is 10.4. The number of pyridine rings is 1. The number of hydrogen-bond donors (Lipinski definition) is 1. The second-order valence-electron chi connectivity index (χ2n) is 4.74. The molecule has 23 heavy (non-hydrogen) atoms. The Morgan fingerprint density at radius 2 is 2.17 bits per heavy atom. The van der Waals surface area contributed by atoms with Crippen molar-refractivity contribution in [3.63, 3.8) is 0 Å². The fraction of sp³-hybridized carbons (Fsp3) is 0.200. The average Bonchev–Trinajstić information content (AvgIpc) is 3.19. The fourth-order valence-electron chi connectivity index (χ4n) is 1.95. The van der Waals surface area contributed by atoms with E-state index >= 15 is 0 Å². The first-order valence-corrected chi connectivity index (χ1v) is 7.85. The fourth-order valence-corrected chi connectivity index (χ4v) is 2.62. The molecule has 3 heterocycles. The average molecular weight is 330 g/mol. The van der Waals surface area contributed by atoms with Crippen molar-refractivity contribution in [3.8, 4) is 0 Å². The maximum absolute atomic E-state index is 12.1. The Balaban J connectivity index is 1.70. The first kappa shape index (κ1) is 15.2. The number of carbonyl (C=O) groups is 1. The van der Waals surface area contributed by atoms with Crippen molar-refractivity contribution < 1.29 is 9.21 Å².